The molecule has 4 aromatic rings. The molecule has 0 saturated carbocycles. The molecule has 0 atom stereocenters. The summed E-state index contributed by atoms with van der Waals surface area (Å²) in [5, 5.41) is 2.88. The molecule has 5 nitrogen and oxygen atoms in total. The van der Waals surface area contributed by atoms with Crippen LogP contribution in [0.25, 0.3) is 32.9 Å². The Balaban J connectivity index is 1.57. The fourth-order valence-corrected chi connectivity index (χ4v) is 4.60. The van der Waals surface area contributed by atoms with Gasteiger partial charge in [-0.3, -0.25) is 14.8 Å². The van der Waals surface area contributed by atoms with Crippen molar-refractivity contribution in [3.8, 4) is 11.3 Å². The van der Waals surface area contributed by atoms with Crippen molar-refractivity contribution in [3.05, 3.63) is 78.4 Å². The normalized spacial score (nSPS) is 14.2. The molecule has 1 aliphatic heterocycles. The van der Waals surface area contributed by atoms with Gasteiger partial charge >= 0.3 is 0 Å². The molecule has 0 aliphatic carbocycles. The van der Waals surface area contributed by atoms with Crippen LogP contribution in [0.15, 0.2) is 67.5 Å². The lowest BCUT2D eigenvalue weighted by Gasteiger charge is -2.36. The van der Waals surface area contributed by atoms with E-state index in [9.17, 15) is 4.79 Å². The van der Waals surface area contributed by atoms with Gasteiger partial charge in [0.05, 0.1) is 0 Å². The number of nitrogens with zero attached hydrogens (tertiary/aromatic N) is 4. The molecule has 0 N–H and O–H groups in total. The van der Waals surface area contributed by atoms with E-state index in [4.69, 9.17) is 11.6 Å². The molecule has 1 saturated heterocycles. The number of pyridine rings is 2. The predicted molar refractivity (Wildman–Crippen MR) is 126 cm³/mol. The number of carbonyl (C=O) groups is 1. The number of aromatic nitrogens is 2. The minimum Gasteiger partial charge on any atom is -0.367 e. The lowest BCUT2D eigenvalue weighted by Crippen LogP contribution is -2.48. The van der Waals surface area contributed by atoms with E-state index in [1.807, 2.05) is 36.4 Å². The van der Waals surface area contributed by atoms with Crippen LogP contribution in [0.1, 0.15) is 0 Å². The zero-order valence-electron chi connectivity index (χ0n) is 17.3. The smallest absolute Gasteiger partial charge is 0.246 e. The number of hydrogen-bond donors (Lipinski definition) is 0. The summed E-state index contributed by atoms with van der Waals surface area (Å²) in [4.78, 5) is 24.6. The highest BCUT2D eigenvalue weighted by Crippen LogP contribution is 2.36. The first kappa shape index (κ1) is 20.4. The number of piperazine rings is 1. The molecule has 160 valence electrons. The Morgan fingerprint density at radius 3 is 2.56 bits per heavy atom. The maximum Gasteiger partial charge on any atom is 0.246 e. The molecule has 3 heterocycles. The Hall–Kier alpha value is -3.51. The molecule has 0 spiro atoms. The molecule has 1 aliphatic rings. The summed E-state index contributed by atoms with van der Waals surface area (Å²) in [5.41, 5.74) is 1.98. The van der Waals surface area contributed by atoms with Crippen molar-refractivity contribution < 1.29 is 9.18 Å². The number of rotatable bonds is 3. The summed E-state index contributed by atoms with van der Waals surface area (Å²) in [6.07, 6.45) is 4.62. The second kappa shape index (κ2) is 8.20. The van der Waals surface area contributed by atoms with E-state index >= 15 is 4.39 Å². The second-order valence-electron chi connectivity index (χ2n) is 7.67. The fraction of sp³-hybridized carbons (Fsp3) is 0.160. The Morgan fingerprint density at radius 2 is 1.81 bits per heavy atom. The van der Waals surface area contributed by atoms with E-state index in [1.54, 1.807) is 23.4 Å². The molecule has 1 amide bonds. The summed E-state index contributed by atoms with van der Waals surface area (Å²) >= 11 is 6.45. The van der Waals surface area contributed by atoms with Crippen LogP contribution in [0, 0.1) is 5.82 Å². The third-order valence-electron chi connectivity index (χ3n) is 5.92. The zero-order valence-corrected chi connectivity index (χ0v) is 18.0. The van der Waals surface area contributed by atoms with Gasteiger partial charge in [0.1, 0.15) is 11.2 Å². The number of benzene rings is 2. The first-order valence-corrected chi connectivity index (χ1v) is 10.7. The monoisotopic (exact) mass is 446 g/mol. The van der Waals surface area contributed by atoms with E-state index < -0.39 is 5.82 Å². The van der Waals surface area contributed by atoms with Crippen molar-refractivity contribution in [1.82, 2.24) is 14.9 Å². The first-order valence-electron chi connectivity index (χ1n) is 10.4. The standard InChI is InChI=1S/C25H20ClFN4O/c1-2-21(32)31-13-11-30(12-14-31)20-9-10-28-25-18(20)15-29-24(23(25)27)17-7-3-5-16-6-4-8-19(26)22(16)17/h2-10,15H,1,11-14H2. The van der Waals surface area contributed by atoms with Crippen molar-refractivity contribution in [1.29, 1.82) is 0 Å². The van der Waals surface area contributed by atoms with Gasteiger partial charge in [-0.05, 0) is 23.6 Å². The summed E-state index contributed by atoms with van der Waals surface area (Å²) in [6.45, 7) is 5.99. The number of hydrogen-bond acceptors (Lipinski definition) is 4. The molecule has 7 heteroatoms. The Morgan fingerprint density at radius 1 is 1.06 bits per heavy atom. The van der Waals surface area contributed by atoms with E-state index in [-0.39, 0.29) is 17.1 Å². The SMILES string of the molecule is C=CC(=O)N1CCN(c2ccnc3c(F)c(-c4cccc5cccc(Cl)c45)ncc23)CC1. The van der Waals surface area contributed by atoms with Gasteiger partial charge in [0.2, 0.25) is 5.91 Å². The molecule has 2 aromatic carbocycles. The number of halogens is 2. The Bertz CT molecular complexity index is 1360. The van der Waals surface area contributed by atoms with Gasteiger partial charge in [-0.2, -0.15) is 0 Å². The van der Waals surface area contributed by atoms with Crippen molar-refractivity contribution in [3.63, 3.8) is 0 Å². The summed E-state index contributed by atoms with van der Waals surface area (Å²) in [7, 11) is 0. The second-order valence-corrected chi connectivity index (χ2v) is 8.08. The number of anilines is 1. The van der Waals surface area contributed by atoms with E-state index in [1.165, 1.54) is 6.08 Å². The third kappa shape index (κ3) is 3.37. The summed E-state index contributed by atoms with van der Waals surface area (Å²) in [6, 6.07) is 13.1. The quantitative estimate of drug-likeness (QED) is 0.412. The average Bonchev–Trinajstić information content (AvgIpc) is 2.83. The minimum absolute atomic E-state index is 0.0738. The summed E-state index contributed by atoms with van der Waals surface area (Å²) in [5.74, 6) is -0.549. The molecular weight excluding hydrogens is 427 g/mol. The number of fused-ring (bicyclic) bond motifs is 2. The molecule has 32 heavy (non-hydrogen) atoms. The Labute approximate surface area is 189 Å². The molecule has 0 radical (unpaired) electrons. The summed E-state index contributed by atoms with van der Waals surface area (Å²) < 4.78 is 15.7. The first-order chi connectivity index (χ1) is 15.6. The average molecular weight is 447 g/mol. The van der Waals surface area contributed by atoms with Gasteiger partial charge in [-0.15, -0.1) is 0 Å². The molecule has 0 bridgehead atoms. The van der Waals surface area contributed by atoms with Crippen molar-refractivity contribution in [2.24, 2.45) is 0 Å². The highest BCUT2D eigenvalue weighted by molar-refractivity contribution is 6.36. The van der Waals surface area contributed by atoms with Crippen LogP contribution < -0.4 is 4.90 Å². The molecule has 0 unspecified atom stereocenters. The van der Waals surface area contributed by atoms with Crippen molar-refractivity contribution >= 4 is 44.9 Å². The van der Waals surface area contributed by atoms with Crippen LogP contribution in [-0.4, -0.2) is 47.0 Å². The minimum atomic E-state index is -0.475. The van der Waals surface area contributed by atoms with Gasteiger partial charge in [-0.25, -0.2) is 4.39 Å². The van der Waals surface area contributed by atoms with Gasteiger partial charge in [0, 0.05) is 65.6 Å². The molecular formula is C25H20ClFN4O. The lowest BCUT2D eigenvalue weighted by molar-refractivity contribution is -0.126. The van der Waals surface area contributed by atoms with Crippen LogP contribution in [0.2, 0.25) is 5.02 Å². The van der Waals surface area contributed by atoms with Gasteiger partial charge in [0.25, 0.3) is 0 Å². The predicted octanol–water partition coefficient (Wildman–Crippen LogP) is 5.08. The maximum absolute atomic E-state index is 15.7. The zero-order chi connectivity index (χ0) is 22.2. The molecule has 2 aromatic heterocycles. The van der Waals surface area contributed by atoms with Crippen LogP contribution in [0.3, 0.4) is 0 Å². The van der Waals surface area contributed by atoms with Gasteiger partial charge in [-0.1, -0.05) is 48.5 Å². The number of amides is 1. The highest BCUT2D eigenvalue weighted by Gasteiger charge is 2.23. The lowest BCUT2D eigenvalue weighted by atomic mass is 10.0. The fourth-order valence-electron chi connectivity index (χ4n) is 4.32. The van der Waals surface area contributed by atoms with Crippen LogP contribution >= 0.6 is 11.6 Å². The van der Waals surface area contributed by atoms with Crippen molar-refractivity contribution in [2.45, 2.75) is 0 Å². The van der Waals surface area contributed by atoms with Crippen LogP contribution in [0.4, 0.5) is 10.1 Å². The van der Waals surface area contributed by atoms with Gasteiger partial charge < -0.3 is 9.80 Å². The molecule has 5 rings (SSSR count). The van der Waals surface area contributed by atoms with E-state index in [0.29, 0.717) is 42.2 Å². The number of carbonyl (C=O) groups excluding carboxylic acids is 1. The van der Waals surface area contributed by atoms with Gasteiger partial charge in [0.15, 0.2) is 5.82 Å². The topological polar surface area (TPSA) is 49.3 Å². The van der Waals surface area contributed by atoms with Crippen molar-refractivity contribution in [2.75, 3.05) is 31.1 Å². The molecule has 1 fully saturated rings. The van der Waals surface area contributed by atoms with Crippen LogP contribution in [0.5, 0.6) is 0 Å². The largest absolute Gasteiger partial charge is 0.367 e. The Kier molecular flexibility index (Phi) is 5.23. The maximum atomic E-state index is 15.7. The third-order valence-corrected chi connectivity index (χ3v) is 6.24. The highest BCUT2D eigenvalue weighted by atomic mass is 35.5. The van der Waals surface area contributed by atoms with E-state index in [0.717, 1.165) is 16.5 Å². The van der Waals surface area contributed by atoms with E-state index in [2.05, 4.69) is 21.4 Å². The van der Waals surface area contributed by atoms with Crippen LogP contribution in [-0.2, 0) is 4.79 Å².